The molecule has 0 atom stereocenters. The van der Waals surface area contributed by atoms with E-state index in [9.17, 15) is 0 Å². The van der Waals surface area contributed by atoms with Crippen molar-refractivity contribution >= 4 is 12.3 Å². The zero-order valence-corrected chi connectivity index (χ0v) is 7.56. The van der Waals surface area contributed by atoms with E-state index in [-0.39, 0.29) is 0 Å². The molecule has 1 rings (SSSR count). The molecule has 0 radical (unpaired) electrons. The van der Waals surface area contributed by atoms with Crippen LogP contribution in [0.5, 0.6) is 0 Å². The van der Waals surface area contributed by atoms with E-state index in [2.05, 4.69) is 4.99 Å². The van der Waals surface area contributed by atoms with Crippen LogP contribution >= 0.6 is 0 Å². The van der Waals surface area contributed by atoms with Crippen LogP contribution in [0.4, 0.5) is 0 Å². The molecule has 2 heteroatoms. The fourth-order valence-electron chi connectivity index (χ4n) is 0.928. The maximum atomic E-state index is 5.28. The first-order valence-electron chi connectivity index (χ1n) is 4.35. The highest BCUT2D eigenvalue weighted by Crippen LogP contribution is 1.99. The number of benzene rings is 1. The third kappa shape index (κ3) is 4.23. The Morgan fingerprint density at radius 2 is 2.00 bits per heavy atom. The lowest BCUT2D eigenvalue weighted by Crippen LogP contribution is -2.01. The number of nitrogens with two attached hydrogens (primary N) is 1. The van der Waals surface area contributed by atoms with Gasteiger partial charge in [0.05, 0.1) is 6.54 Å². The van der Waals surface area contributed by atoms with Gasteiger partial charge < -0.3 is 5.73 Å². The van der Waals surface area contributed by atoms with Crippen molar-refractivity contribution < 1.29 is 0 Å². The van der Waals surface area contributed by atoms with Crippen LogP contribution in [0.3, 0.4) is 0 Å². The van der Waals surface area contributed by atoms with Crippen LogP contribution in [-0.2, 0) is 0 Å². The van der Waals surface area contributed by atoms with Crippen LogP contribution in [0.1, 0.15) is 5.56 Å². The minimum absolute atomic E-state index is 0.607. The molecular formula is C11H14N2. The Kier molecular flexibility index (Phi) is 4.57. The van der Waals surface area contributed by atoms with Gasteiger partial charge in [0.15, 0.2) is 0 Å². The van der Waals surface area contributed by atoms with Gasteiger partial charge in [0.25, 0.3) is 0 Å². The van der Waals surface area contributed by atoms with E-state index in [1.165, 1.54) is 5.56 Å². The minimum Gasteiger partial charge on any atom is -0.329 e. The first kappa shape index (κ1) is 9.68. The highest BCUT2D eigenvalue weighted by molar-refractivity contribution is 5.78. The van der Waals surface area contributed by atoms with Gasteiger partial charge in [-0.1, -0.05) is 36.4 Å². The molecule has 0 aromatic heterocycles. The van der Waals surface area contributed by atoms with Gasteiger partial charge in [0.2, 0.25) is 0 Å². The molecule has 2 N–H and O–H groups in total. The highest BCUT2D eigenvalue weighted by Gasteiger charge is 1.79. The van der Waals surface area contributed by atoms with Crippen molar-refractivity contribution in [2.75, 3.05) is 13.1 Å². The van der Waals surface area contributed by atoms with Crippen molar-refractivity contribution in [2.45, 2.75) is 0 Å². The van der Waals surface area contributed by atoms with Gasteiger partial charge in [0, 0.05) is 12.8 Å². The standard InChI is InChI=1S/C11H14N2/c12-8-10-13-9-4-7-11-5-2-1-3-6-11/h1-7,9H,8,10,12H2. The molecule has 0 saturated carbocycles. The molecule has 0 aliphatic heterocycles. The molecule has 0 amide bonds. The second kappa shape index (κ2) is 6.14. The van der Waals surface area contributed by atoms with E-state index < -0.39 is 0 Å². The molecule has 1 aromatic rings. The van der Waals surface area contributed by atoms with Gasteiger partial charge in [-0.25, -0.2) is 0 Å². The summed E-state index contributed by atoms with van der Waals surface area (Å²) in [6, 6.07) is 10.1. The van der Waals surface area contributed by atoms with Crippen molar-refractivity contribution in [3.05, 3.63) is 42.0 Å². The average molecular weight is 174 g/mol. The van der Waals surface area contributed by atoms with Gasteiger partial charge in [0.1, 0.15) is 0 Å². The summed E-state index contributed by atoms with van der Waals surface area (Å²) in [6.07, 6.45) is 5.71. The van der Waals surface area contributed by atoms with E-state index >= 15 is 0 Å². The van der Waals surface area contributed by atoms with Gasteiger partial charge in [-0.05, 0) is 11.6 Å². The Balaban J connectivity index is 2.41. The lowest BCUT2D eigenvalue weighted by molar-refractivity contribution is 0.981. The first-order chi connectivity index (χ1) is 6.43. The molecule has 1 aromatic carbocycles. The molecule has 68 valence electrons. The number of rotatable bonds is 4. The number of aliphatic imine (C=N–C) groups is 1. The van der Waals surface area contributed by atoms with Crippen LogP contribution in [0, 0.1) is 0 Å². The quantitative estimate of drug-likeness (QED) is 0.693. The molecule has 0 aliphatic rings. The molecule has 0 bridgehead atoms. The van der Waals surface area contributed by atoms with Crippen LogP contribution in [-0.4, -0.2) is 19.3 Å². The van der Waals surface area contributed by atoms with Crippen molar-refractivity contribution in [2.24, 2.45) is 10.7 Å². The van der Waals surface area contributed by atoms with Crippen LogP contribution < -0.4 is 5.73 Å². The topological polar surface area (TPSA) is 38.4 Å². The Morgan fingerprint density at radius 3 is 2.69 bits per heavy atom. The number of allylic oxidation sites excluding steroid dienone is 1. The Hall–Kier alpha value is -1.41. The molecule has 13 heavy (non-hydrogen) atoms. The number of hydrogen-bond acceptors (Lipinski definition) is 2. The monoisotopic (exact) mass is 174 g/mol. The fourth-order valence-corrected chi connectivity index (χ4v) is 0.928. The van der Waals surface area contributed by atoms with E-state index in [1.54, 1.807) is 6.21 Å². The summed E-state index contributed by atoms with van der Waals surface area (Å²) in [5, 5.41) is 0. The summed E-state index contributed by atoms with van der Waals surface area (Å²) in [7, 11) is 0. The summed E-state index contributed by atoms with van der Waals surface area (Å²) in [4.78, 5) is 4.07. The van der Waals surface area contributed by atoms with Gasteiger partial charge in [-0.2, -0.15) is 0 Å². The van der Waals surface area contributed by atoms with E-state index in [0.29, 0.717) is 13.1 Å². The molecule has 0 heterocycles. The fraction of sp³-hybridized carbons (Fsp3) is 0.182. The van der Waals surface area contributed by atoms with E-state index in [0.717, 1.165) is 0 Å². The van der Waals surface area contributed by atoms with Crippen molar-refractivity contribution in [3.8, 4) is 0 Å². The zero-order chi connectivity index (χ0) is 9.36. The predicted molar refractivity (Wildman–Crippen MR) is 57.9 cm³/mol. The third-order valence-corrected chi connectivity index (χ3v) is 1.54. The second-order valence-electron chi connectivity index (χ2n) is 2.61. The van der Waals surface area contributed by atoms with Gasteiger partial charge in [-0.15, -0.1) is 0 Å². The van der Waals surface area contributed by atoms with Crippen LogP contribution in [0.2, 0.25) is 0 Å². The molecule has 0 fully saturated rings. The van der Waals surface area contributed by atoms with Gasteiger partial charge in [-0.3, -0.25) is 4.99 Å². The maximum Gasteiger partial charge on any atom is 0.0511 e. The lowest BCUT2D eigenvalue weighted by Gasteiger charge is -1.88. The molecule has 2 nitrogen and oxygen atoms in total. The maximum absolute atomic E-state index is 5.28. The average Bonchev–Trinajstić information content (AvgIpc) is 2.19. The summed E-state index contributed by atoms with van der Waals surface area (Å²) in [6.45, 7) is 1.30. The molecule has 0 unspecified atom stereocenters. The van der Waals surface area contributed by atoms with Crippen molar-refractivity contribution in [1.29, 1.82) is 0 Å². The second-order valence-corrected chi connectivity index (χ2v) is 2.61. The smallest absolute Gasteiger partial charge is 0.0511 e. The molecule has 0 spiro atoms. The van der Waals surface area contributed by atoms with E-state index in [1.807, 2.05) is 42.5 Å². The minimum atomic E-state index is 0.607. The summed E-state index contributed by atoms with van der Waals surface area (Å²) in [5.41, 5.74) is 6.47. The van der Waals surface area contributed by atoms with Crippen LogP contribution in [0.15, 0.2) is 41.4 Å². The molecular weight excluding hydrogens is 160 g/mol. The highest BCUT2D eigenvalue weighted by atomic mass is 14.7. The first-order valence-corrected chi connectivity index (χ1v) is 4.35. The van der Waals surface area contributed by atoms with Crippen molar-refractivity contribution in [3.63, 3.8) is 0 Å². The summed E-state index contributed by atoms with van der Waals surface area (Å²) < 4.78 is 0. The van der Waals surface area contributed by atoms with Gasteiger partial charge >= 0.3 is 0 Å². The molecule has 0 saturated heterocycles. The third-order valence-electron chi connectivity index (χ3n) is 1.54. The van der Waals surface area contributed by atoms with E-state index in [4.69, 9.17) is 5.73 Å². The summed E-state index contributed by atoms with van der Waals surface area (Å²) in [5.74, 6) is 0. The normalized spacial score (nSPS) is 11.5. The zero-order valence-electron chi connectivity index (χ0n) is 7.56. The molecule has 0 aliphatic carbocycles. The Bertz CT molecular complexity index is 275. The number of hydrogen-bond donors (Lipinski definition) is 1. The number of nitrogens with zero attached hydrogens (tertiary/aromatic N) is 1. The van der Waals surface area contributed by atoms with Crippen molar-refractivity contribution in [1.82, 2.24) is 0 Å². The Labute approximate surface area is 78.8 Å². The van der Waals surface area contributed by atoms with Crippen LogP contribution in [0.25, 0.3) is 6.08 Å². The largest absolute Gasteiger partial charge is 0.329 e. The SMILES string of the molecule is NCCN=CC=Cc1ccccc1. The Morgan fingerprint density at radius 1 is 1.23 bits per heavy atom. The predicted octanol–water partition coefficient (Wildman–Crippen LogP) is 1.73. The summed E-state index contributed by atoms with van der Waals surface area (Å²) >= 11 is 0. The lowest BCUT2D eigenvalue weighted by atomic mass is 10.2.